The van der Waals surface area contributed by atoms with Gasteiger partial charge in [0.05, 0.1) is 21.3 Å². The van der Waals surface area contributed by atoms with Gasteiger partial charge in [0.15, 0.2) is 17.2 Å². The molecule has 0 atom stereocenters. The van der Waals surface area contributed by atoms with Gasteiger partial charge in [-0.1, -0.05) is 5.16 Å². The summed E-state index contributed by atoms with van der Waals surface area (Å²) in [6, 6.07) is 13.0. The summed E-state index contributed by atoms with van der Waals surface area (Å²) in [5.41, 5.74) is 1.97. The number of nitrogens with zero attached hydrogens (tertiary/aromatic N) is 4. The molecule has 2 heterocycles. The Hall–Kier alpha value is -4.21. The number of aromatic nitrogens is 4. The zero-order valence-electron chi connectivity index (χ0n) is 17.6. The fourth-order valence-corrected chi connectivity index (χ4v) is 3.01. The van der Waals surface area contributed by atoms with E-state index in [0.717, 1.165) is 5.56 Å². The van der Waals surface area contributed by atoms with E-state index in [-0.39, 0.29) is 11.7 Å². The molecule has 10 heteroatoms. The van der Waals surface area contributed by atoms with Gasteiger partial charge >= 0.3 is 0 Å². The summed E-state index contributed by atoms with van der Waals surface area (Å²) in [4.78, 5) is 4.30. The van der Waals surface area contributed by atoms with Crippen molar-refractivity contribution in [2.75, 3.05) is 26.6 Å². The molecule has 2 aromatic carbocycles. The van der Waals surface area contributed by atoms with Crippen LogP contribution in [0.15, 0.2) is 53.1 Å². The smallest absolute Gasteiger partial charge is 0.278 e. The van der Waals surface area contributed by atoms with E-state index in [4.69, 9.17) is 18.7 Å². The predicted molar refractivity (Wildman–Crippen MR) is 114 cm³/mol. The molecule has 9 nitrogen and oxygen atoms in total. The number of benzene rings is 2. The first-order chi connectivity index (χ1) is 15.6. The lowest BCUT2D eigenvalue weighted by Gasteiger charge is -2.14. The molecule has 0 aliphatic heterocycles. The molecule has 0 bridgehead atoms. The Bertz CT molecular complexity index is 1170. The topological polar surface area (TPSA) is 104 Å². The highest BCUT2D eigenvalue weighted by atomic mass is 19.1. The highest BCUT2D eigenvalue weighted by Crippen LogP contribution is 2.38. The van der Waals surface area contributed by atoms with Crippen molar-refractivity contribution in [1.29, 1.82) is 0 Å². The van der Waals surface area contributed by atoms with Gasteiger partial charge in [-0.15, -0.1) is 10.2 Å². The predicted octanol–water partition coefficient (Wildman–Crippen LogP) is 3.97. The summed E-state index contributed by atoms with van der Waals surface area (Å²) in [5, 5.41) is 15.4. The van der Waals surface area contributed by atoms with Crippen molar-refractivity contribution in [3.05, 3.63) is 59.9 Å². The number of ether oxygens (including phenoxy) is 3. The van der Waals surface area contributed by atoms with Gasteiger partial charge in [-0.2, -0.15) is 4.98 Å². The minimum Gasteiger partial charge on any atom is -0.493 e. The molecule has 0 saturated heterocycles. The van der Waals surface area contributed by atoms with Gasteiger partial charge in [0.25, 0.3) is 5.89 Å². The lowest BCUT2D eigenvalue weighted by atomic mass is 10.1. The van der Waals surface area contributed by atoms with E-state index in [0.29, 0.717) is 46.7 Å². The van der Waals surface area contributed by atoms with Crippen molar-refractivity contribution < 1.29 is 23.1 Å². The van der Waals surface area contributed by atoms with Gasteiger partial charge in [-0.05, 0) is 54.1 Å². The number of hydrogen-bond donors (Lipinski definition) is 1. The Balaban J connectivity index is 1.45. The van der Waals surface area contributed by atoms with Crippen LogP contribution in [-0.4, -0.2) is 41.7 Å². The van der Waals surface area contributed by atoms with E-state index in [2.05, 4.69) is 25.7 Å². The molecule has 2 aromatic heterocycles. The third-order valence-corrected chi connectivity index (χ3v) is 4.61. The minimum atomic E-state index is -0.335. The standard InChI is InChI=1S/C22H20FN5O4/c1-29-17-10-13(11-18(30-2)20(17)31-3)12-24-19-9-8-16(26-27-19)22-25-21(28-32-22)14-4-6-15(23)7-5-14/h4-11H,12H2,1-3H3,(H,24,27). The van der Waals surface area contributed by atoms with Gasteiger partial charge in [-0.3, -0.25) is 0 Å². The molecule has 0 fully saturated rings. The van der Waals surface area contributed by atoms with Crippen LogP contribution >= 0.6 is 0 Å². The molecule has 4 aromatic rings. The van der Waals surface area contributed by atoms with Crippen molar-refractivity contribution >= 4 is 5.82 Å². The van der Waals surface area contributed by atoms with Crippen LogP contribution in [0.25, 0.3) is 23.0 Å². The molecule has 0 aliphatic carbocycles. The van der Waals surface area contributed by atoms with E-state index < -0.39 is 0 Å². The minimum absolute atomic E-state index is 0.216. The maximum Gasteiger partial charge on any atom is 0.278 e. The molecule has 0 radical (unpaired) electrons. The lowest BCUT2D eigenvalue weighted by molar-refractivity contribution is 0.324. The Morgan fingerprint density at radius 2 is 1.62 bits per heavy atom. The molecule has 32 heavy (non-hydrogen) atoms. The largest absolute Gasteiger partial charge is 0.493 e. The van der Waals surface area contributed by atoms with E-state index in [1.165, 1.54) is 12.1 Å². The van der Waals surface area contributed by atoms with E-state index in [1.807, 2.05) is 12.1 Å². The fourth-order valence-electron chi connectivity index (χ4n) is 3.01. The number of halogens is 1. The lowest BCUT2D eigenvalue weighted by Crippen LogP contribution is -2.04. The molecular formula is C22H20FN5O4. The Morgan fingerprint density at radius 3 is 2.22 bits per heavy atom. The average molecular weight is 437 g/mol. The second-order valence-corrected chi connectivity index (χ2v) is 6.62. The third kappa shape index (κ3) is 4.43. The van der Waals surface area contributed by atoms with Gasteiger partial charge < -0.3 is 24.1 Å². The number of methoxy groups -OCH3 is 3. The van der Waals surface area contributed by atoms with Gasteiger partial charge in [-0.25, -0.2) is 4.39 Å². The first kappa shape index (κ1) is 21.0. The molecule has 0 spiro atoms. The van der Waals surface area contributed by atoms with Crippen molar-refractivity contribution in [1.82, 2.24) is 20.3 Å². The van der Waals surface area contributed by atoms with Crippen molar-refractivity contribution in [3.63, 3.8) is 0 Å². The highest BCUT2D eigenvalue weighted by Gasteiger charge is 2.14. The first-order valence-electron chi connectivity index (χ1n) is 9.57. The van der Waals surface area contributed by atoms with Crippen LogP contribution in [0.4, 0.5) is 10.2 Å². The number of anilines is 1. The van der Waals surface area contributed by atoms with Crippen LogP contribution in [0, 0.1) is 5.82 Å². The zero-order valence-corrected chi connectivity index (χ0v) is 17.6. The normalized spacial score (nSPS) is 10.6. The summed E-state index contributed by atoms with van der Waals surface area (Å²) in [6.07, 6.45) is 0. The van der Waals surface area contributed by atoms with Crippen LogP contribution in [0.3, 0.4) is 0 Å². The molecule has 4 rings (SSSR count). The van der Waals surface area contributed by atoms with Crippen LogP contribution in [0.2, 0.25) is 0 Å². The number of rotatable bonds is 8. The molecule has 0 saturated carbocycles. The van der Waals surface area contributed by atoms with Crippen LogP contribution in [0.1, 0.15) is 5.56 Å². The molecule has 1 N–H and O–H groups in total. The van der Waals surface area contributed by atoms with Gasteiger partial charge in [0.2, 0.25) is 11.6 Å². The maximum absolute atomic E-state index is 13.1. The van der Waals surface area contributed by atoms with Crippen LogP contribution in [0.5, 0.6) is 17.2 Å². The number of hydrogen-bond acceptors (Lipinski definition) is 9. The number of nitrogens with one attached hydrogen (secondary N) is 1. The molecular weight excluding hydrogens is 417 g/mol. The summed E-state index contributed by atoms with van der Waals surface area (Å²) < 4.78 is 34.4. The Morgan fingerprint density at radius 1 is 0.906 bits per heavy atom. The van der Waals surface area contributed by atoms with Gasteiger partial charge in [0.1, 0.15) is 11.6 Å². The van der Waals surface area contributed by atoms with Crippen molar-refractivity contribution in [3.8, 4) is 40.2 Å². The highest BCUT2D eigenvalue weighted by molar-refractivity contribution is 5.58. The summed E-state index contributed by atoms with van der Waals surface area (Å²) in [5.74, 6) is 2.44. The monoisotopic (exact) mass is 437 g/mol. The second kappa shape index (κ2) is 9.29. The summed E-state index contributed by atoms with van der Waals surface area (Å²) in [7, 11) is 4.69. The van der Waals surface area contributed by atoms with E-state index in [9.17, 15) is 4.39 Å². The van der Waals surface area contributed by atoms with E-state index in [1.54, 1.807) is 45.6 Å². The zero-order chi connectivity index (χ0) is 22.5. The molecule has 164 valence electrons. The summed E-state index contributed by atoms with van der Waals surface area (Å²) in [6.45, 7) is 0.458. The maximum atomic E-state index is 13.1. The molecule has 0 unspecified atom stereocenters. The van der Waals surface area contributed by atoms with Crippen molar-refractivity contribution in [2.24, 2.45) is 0 Å². The Labute approximate surface area is 183 Å². The van der Waals surface area contributed by atoms with E-state index >= 15 is 0 Å². The summed E-state index contributed by atoms with van der Waals surface area (Å²) >= 11 is 0. The quantitative estimate of drug-likeness (QED) is 0.438. The first-order valence-corrected chi connectivity index (χ1v) is 9.57. The fraction of sp³-hybridized carbons (Fsp3) is 0.182. The van der Waals surface area contributed by atoms with Crippen LogP contribution < -0.4 is 19.5 Å². The SMILES string of the molecule is COc1cc(CNc2ccc(-c3nc(-c4ccc(F)cc4)no3)nn2)cc(OC)c1OC. The molecule has 0 amide bonds. The molecule has 0 aliphatic rings. The average Bonchev–Trinajstić information content (AvgIpc) is 3.33. The van der Waals surface area contributed by atoms with Crippen molar-refractivity contribution in [2.45, 2.75) is 6.54 Å². The van der Waals surface area contributed by atoms with Gasteiger partial charge in [0, 0.05) is 12.1 Å². The Kier molecular flexibility index (Phi) is 6.11. The second-order valence-electron chi connectivity index (χ2n) is 6.62. The van der Waals surface area contributed by atoms with Crippen LogP contribution in [-0.2, 0) is 6.54 Å². The third-order valence-electron chi connectivity index (χ3n) is 4.61.